The van der Waals surface area contributed by atoms with E-state index in [1.54, 1.807) is 0 Å². The first-order chi connectivity index (χ1) is 6.18. The summed E-state index contributed by atoms with van der Waals surface area (Å²) in [5.41, 5.74) is 8.75. The fourth-order valence-corrected chi connectivity index (χ4v) is 3.18. The highest BCUT2D eigenvalue weighted by atomic mass is 32.2. The Morgan fingerprint density at radius 1 is 1.54 bits per heavy atom. The van der Waals surface area contributed by atoms with Gasteiger partial charge in [0.25, 0.3) is 0 Å². The molecule has 0 spiro atoms. The topological polar surface area (TPSA) is 26.0 Å². The number of fused-ring (bicyclic) bond motifs is 1. The summed E-state index contributed by atoms with van der Waals surface area (Å²) < 4.78 is 0. The van der Waals surface area contributed by atoms with Gasteiger partial charge in [-0.2, -0.15) is 0 Å². The number of thioether (sulfide) groups is 1. The minimum absolute atomic E-state index is 0.274. The molecule has 0 saturated carbocycles. The Morgan fingerprint density at radius 3 is 3.00 bits per heavy atom. The number of nitrogens with two attached hydrogens (primary N) is 1. The van der Waals surface area contributed by atoms with E-state index in [2.05, 4.69) is 32.0 Å². The number of hydrogen-bond donors (Lipinski definition) is 1. The minimum Gasteiger partial charge on any atom is -0.327 e. The van der Waals surface area contributed by atoms with Gasteiger partial charge in [-0.05, 0) is 25.5 Å². The summed E-state index contributed by atoms with van der Waals surface area (Å²) >= 11 is 1.93. The molecule has 1 aliphatic rings. The third-order valence-corrected chi connectivity index (χ3v) is 3.83. The van der Waals surface area contributed by atoms with Crippen LogP contribution in [0.15, 0.2) is 23.1 Å². The van der Waals surface area contributed by atoms with Crippen LogP contribution < -0.4 is 5.73 Å². The van der Waals surface area contributed by atoms with Crippen LogP contribution in [-0.2, 0) is 0 Å². The Labute approximate surface area is 83.7 Å². The highest BCUT2D eigenvalue weighted by Gasteiger charge is 2.25. The van der Waals surface area contributed by atoms with Gasteiger partial charge in [-0.25, -0.2) is 0 Å². The van der Waals surface area contributed by atoms with Gasteiger partial charge < -0.3 is 5.73 Å². The van der Waals surface area contributed by atoms with Crippen LogP contribution in [0.25, 0.3) is 0 Å². The molecule has 1 aliphatic heterocycles. The van der Waals surface area contributed by atoms with Gasteiger partial charge >= 0.3 is 0 Å². The predicted molar refractivity (Wildman–Crippen MR) is 58.3 cm³/mol. The molecule has 1 aromatic carbocycles. The van der Waals surface area contributed by atoms with Crippen LogP contribution in [0.4, 0.5) is 0 Å². The molecule has 70 valence electrons. The Hall–Kier alpha value is -0.470. The Morgan fingerprint density at radius 2 is 2.31 bits per heavy atom. The highest BCUT2D eigenvalue weighted by molar-refractivity contribution is 7.99. The average molecular weight is 193 g/mol. The van der Waals surface area contributed by atoms with Crippen LogP contribution in [-0.4, -0.2) is 11.8 Å². The molecule has 2 atom stereocenters. The highest BCUT2D eigenvalue weighted by Crippen LogP contribution is 2.40. The van der Waals surface area contributed by atoms with E-state index in [1.807, 2.05) is 11.8 Å². The first kappa shape index (κ1) is 9.10. The molecule has 1 nitrogen and oxygen atoms in total. The molecule has 13 heavy (non-hydrogen) atoms. The van der Waals surface area contributed by atoms with Crippen LogP contribution in [0.1, 0.15) is 24.0 Å². The molecule has 1 heterocycles. The van der Waals surface area contributed by atoms with Crippen molar-refractivity contribution in [1.29, 1.82) is 0 Å². The van der Waals surface area contributed by atoms with Crippen molar-refractivity contribution in [3.63, 3.8) is 0 Å². The van der Waals surface area contributed by atoms with Crippen molar-refractivity contribution in [3.8, 4) is 0 Å². The molecule has 0 amide bonds. The van der Waals surface area contributed by atoms with Crippen molar-refractivity contribution < 1.29 is 0 Å². The zero-order valence-electron chi connectivity index (χ0n) is 8.08. The quantitative estimate of drug-likeness (QED) is 0.741. The van der Waals surface area contributed by atoms with E-state index in [0.29, 0.717) is 5.92 Å². The van der Waals surface area contributed by atoms with Gasteiger partial charge in [0.1, 0.15) is 0 Å². The summed E-state index contributed by atoms with van der Waals surface area (Å²) in [5.74, 6) is 1.70. The first-order valence-electron chi connectivity index (χ1n) is 4.67. The second kappa shape index (κ2) is 3.35. The summed E-state index contributed by atoms with van der Waals surface area (Å²) in [4.78, 5) is 1.42. The Kier molecular flexibility index (Phi) is 2.35. The number of hydrogen-bond acceptors (Lipinski definition) is 2. The summed E-state index contributed by atoms with van der Waals surface area (Å²) in [6, 6.07) is 6.95. The van der Waals surface area contributed by atoms with Crippen molar-refractivity contribution in [2.24, 2.45) is 5.73 Å². The number of benzene rings is 1. The third kappa shape index (κ3) is 1.61. The molecular weight excluding hydrogens is 178 g/mol. The lowest BCUT2D eigenvalue weighted by molar-refractivity contribution is 0.622. The van der Waals surface area contributed by atoms with Gasteiger partial charge in [-0.15, -0.1) is 11.8 Å². The normalized spacial score (nSPS) is 22.8. The fraction of sp³-hybridized carbons (Fsp3) is 0.455. The van der Waals surface area contributed by atoms with Crippen LogP contribution in [0.3, 0.4) is 0 Å². The molecule has 1 aromatic rings. The lowest BCUT2D eigenvalue weighted by Crippen LogP contribution is -2.24. The van der Waals surface area contributed by atoms with E-state index in [4.69, 9.17) is 5.73 Å². The number of aryl methyl sites for hydroxylation is 1. The number of rotatable bonds is 1. The molecule has 0 radical (unpaired) electrons. The molecule has 0 saturated heterocycles. The van der Waals surface area contributed by atoms with Crippen molar-refractivity contribution in [1.82, 2.24) is 0 Å². The molecule has 2 N–H and O–H groups in total. The van der Waals surface area contributed by atoms with Crippen LogP contribution in [0.2, 0.25) is 0 Å². The molecule has 0 aromatic heterocycles. The monoisotopic (exact) mass is 193 g/mol. The van der Waals surface area contributed by atoms with Crippen LogP contribution in [0.5, 0.6) is 0 Å². The predicted octanol–water partition coefficient (Wildman–Crippen LogP) is 2.53. The maximum atomic E-state index is 5.95. The van der Waals surface area contributed by atoms with Crippen molar-refractivity contribution in [2.45, 2.75) is 30.7 Å². The second-order valence-electron chi connectivity index (χ2n) is 3.82. The lowest BCUT2D eigenvalue weighted by atomic mass is 9.94. The van der Waals surface area contributed by atoms with Gasteiger partial charge in [0.2, 0.25) is 0 Å². The van der Waals surface area contributed by atoms with Gasteiger partial charge in [0.15, 0.2) is 0 Å². The van der Waals surface area contributed by atoms with Crippen molar-refractivity contribution >= 4 is 11.8 Å². The maximum absolute atomic E-state index is 5.95. The van der Waals surface area contributed by atoms with Crippen LogP contribution >= 0.6 is 11.8 Å². The minimum atomic E-state index is 0.274. The van der Waals surface area contributed by atoms with Crippen molar-refractivity contribution in [3.05, 3.63) is 29.3 Å². The fourth-order valence-electron chi connectivity index (χ4n) is 1.79. The van der Waals surface area contributed by atoms with E-state index in [-0.39, 0.29) is 6.04 Å². The second-order valence-corrected chi connectivity index (χ2v) is 4.88. The van der Waals surface area contributed by atoms with E-state index < -0.39 is 0 Å². The molecule has 2 heteroatoms. The molecule has 2 rings (SSSR count). The average Bonchev–Trinajstić information content (AvgIpc) is 2.46. The summed E-state index contributed by atoms with van der Waals surface area (Å²) in [5, 5.41) is 0. The van der Waals surface area contributed by atoms with Gasteiger partial charge in [0, 0.05) is 22.6 Å². The molecule has 0 fully saturated rings. The smallest absolute Gasteiger partial charge is 0.0108 e. The standard InChI is InChI=1S/C11H15NS/c1-7-3-4-11-9(5-7)10(6-13-11)8(2)12/h3-5,8,10H,6,12H2,1-2H3. The Balaban J connectivity index is 2.40. The molecule has 0 aliphatic carbocycles. The zero-order valence-corrected chi connectivity index (χ0v) is 8.90. The lowest BCUT2D eigenvalue weighted by Gasteiger charge is -2.14. The van der Waals surface area contributed by atoms with E-state index in [9.17, 15) is 0 Å². The largest absolute Gasteiger partial charge is 0.327 e. The summed E-state index contributed by atoms with van der Waals surface area (Å²) in [6.45, 7) is 4.24. The van der Waals surface area contributed by atoms with Gasteiger partial charge in [-0.3, -0.25) is 0 Å². The zero-order chi connectivity index (χ0) is 9.42. The third-order valence-electron chi connectivity index (χ3n) is 2.62. The van der Waals surface area contributed by atoms with E-state index >= 15 is 0 Å². The Bertz CT molecular complexity index is 320. The van der Waals surface area contributed by atoms with Gasteiger partial charge in [0.05, 0.1) is 0 Å². The summed E-state index contributed by atoms with van der Waals surface area (Å²) in [6.07, 6.45) is 0. The van der Waals surface area contributed by atoms with E-state index in [1.165, 1.54) is 16.0 Å². The molecule has 0 bridgehead atoms. The van der Waals surface area contributed by atoms with Crippen LogP contribution in [0, 0.1) is 6.92 Å². The first-order valence-corrected chi connectivity index (χ1v) is 5.66. The van der Waals surface area contributed by atoms with Gasteiger partial charge in [-0.1, -0.05) is 17.7 Å². The van der Waals surface area contributed by atoms with E-state index in [0.717, 1.165) is 5.75 Å². The SMILES string of the molecule is Cc1ccc2c(c1)C(C(C)N)CS2. The summed E-state index contributed by atoms with van der Waals surface area (Å²) in [7, 11) is 0. The van der Waals surface area contributed by atoms with Crippen molar-refractivity contribution in [2.75, 3.05) is 5.75 Å². The molecular formula is C11H15NS. The molecule has 2 unspecified atom stereocenters. The maximum Gasteiger partial charge on any atom is 0.0108 e.